The minimum atomic E-state index is -0.486. The number of aromatic nitrogens is 1. The fourth-order valence-corrected chi connectivity index (χ4v) is 1.81. The van der Waals surface area contributed by atoms with Crippen molar-refractivity contribution in [2.24, 2.45) is 0 Å². The fourth-order valence-electron chi connectivity index (χ4n) is 1.81. The third-order valence-corrected chi connectivity index (χ3v) is 2.75. The Hall–Kier alpha value is -2.63. The second-order valence-corrected chi connectivity index (χ2v) is 4.32. The second kappa shape index (κ2) is 6.51. The summed E-state index contributed by atoms with van der Waals surface area (Å²) in [6, 6.07) is 8.17. The van der Waals surface area contributed by atoms with Crippen molar-refractivity contribution < 1.29 is 9.66 Å². The number of nitrogens with two attached hydrogens (primary N) is 1. The van der Waals surface area contributed by atoms with Crippen molar-refractivity contribution >= 4 is 11.4 Å². The molecular weight excluding hydrogens is 258 g/mol. The largest absolute Gasteiger partial charge is 0.493 e. The Morgan fingerprint density at radius 1 is 1.25 bits per heavy atom. The van der Waals surface area contributed by atoms with Crippen LogP contribution in [0.4, 0.5) is 11.4 Å². The number of pyridine rings is 1. The van der Waals surface area contributed by atoms with Gasteiger partial charge >= 0.3 is 0 Å². The van der Waals surface area contributed by atoms with Gasteiger partial charge in [0.2, 0.25) is 0 Å². The summed E-state index contributed by atoms with van der Waals surface area (Å²) in [7, 11) is 0. The van der Waals surface area contributed by atoms with Gasteiger partial charge < -0.3 is 10.5 Å². The maximum absolute atomic E-state index is 10.7. The zero-order valence-corrected chi connectivity index (χ0v) is 10.9. The Morgan fingerprint density at radius 3 is 2.70 bits per heavy atom. The molecule has 0 fully saturated rings. The van der Waals surface area contributed by atoms with Crippen LogP contribution in [0.3, 0.4) is 0 Å². The van der Waals surface area contributed by atoms with E-state index in [-0.39, 0.29) is 5.69 Å². The van der Waals surface area contributed by atoms with Gasteiger partial charge in [-0.3, -0.25) is 15.1 Å². The number of anilines is 1. The zero-order valence-electron chi connectivity index (χ0n) is 10.9. The molecule has 0 aliphatic heterocycles. The van der Waals surface area contributed by atoms with Gasteiger partial charge in [0, 0.05) is 30.2 Å². The maximum Gasteiger partial charge on any atom is 0.275 e. The highest BCUT2D eigenvalue weighted by atomic mass is 16.6. The third-order valence-electron chi connectivity index (χ3n) is 2.75. The number of non-ortho nitro benzene ring substituents is 1. The molecule has 0 saturated carbocycles. The summed E-state index contributed by atoms with van der Waals surface area (Å²) in [6.07, 6.45) is 5.18. The molecule has 104 valence electrons. The van der Waals surface area contributed by atoms with Crippen LogP contribution in [0.5, 0.6) is 5.75 Å². The Labute approximate surface area is 116 Å². The van der Waals surface area contributed by atoms with Gasteiger partial charge in [-0.05, 0) is 30.5 Å². The van der Waals surface area contributed by atoms with E-state index in [1.807, 2.05) is 12.1 Å². The smallest absolute Gasteiger partial charge is 0.275 e. The number of rotatable bonds is 6. The van der Waals surface area contributed by atoms with Crippen molar-refractivity contribution in [1.82, 2.24) is 4.98 Å². The molecule has 1 aromatic carbocycles. The lowest BCUT2D eigenvalue weighted by atomic mass is 10.1. The van der Waals surface area contributed by atoms with Crippen molar-refractivity contribution in [3.63, 3.8) is 0 Å². The molecule has 0 unspecified atom stereocenters. The molecule has 1 heterocycles. The van der Waals surface area contributed by atoms with E-state index in [0.29, 0.717) is 18.0 Å². The first kappa shape index (κ1) is 13.8. The number of nitrogen functional groups attached to an aromatic ring is 1. The first-order chi connectivity index (χ1) is 9.65. The average molecular weight is 273 g/mol. The number of nitro groups is 1. The third kappa shape index (κ3) is 3.94. The summed E-state index contributed by atoms with van der Waals surface area (Å²) in [5.74, 6) is 0.423. The molecule has 0 amide bonds. The predicted octanol–water partition coefficient (Wildman–Crippen LogP) is 2.58. The highest BCUT2D eigenvalue weighted by Gasteiger charge is 2.09. The number of nitro benzene ring substituents is 1. The van der Waals surface area contributed by atoms with Gasteiger partial charge in [-0.15, -0.1) is 0 Å². The van der Waals surface area contributed by atoms with E-state index >= 15 is 0 Å². The van der Waals surface area contributed by atoms with E-state index in [9.17, 15) is 10.1 Å². The van der Waals surface area contributed by atoms with Crippen LogP contribution >= 0.6 is 0 Å². The van der Waals surface area contributed by atoms with Crippen LogP contribution < -0.4 is 10.5 Å². The SMILES string of the molecule is Nc1cc(OCCCc2ccncc2)cc([N+](=O)[O-])c1. The molecule has 6 heteroatoms. The number of aryl methyl sites for hydroxylation is 1. The zero-order chi connectivity index (χ0) is 14.4. The Kier molecular flexibility index (Phi) is 4.49. The molecular formula is C14H15N3O3. The number of benzene rings is 1. The molecule has 0 atom stereocenters. The summed E-state index contributed by atoms with van der Waals surface area (Å²) in [4.78, 5) is 14.2. The minimum Gasteiger partial charge on any atom is -0.493 e. The van der Waals surface area contributed by atoms with Gasteiger partial charge in [0.15, 0.2) is 0 Å². The highest BCUT2D eigenvalue weighted by molar-refractivity contribution is 5.53. The number of nitrogens with zero attached hydrogens (tertiary/aromatic N) is 2. The van der Waals surface area contributed by atoms with Crippen molar-refractivity contribution in [3.05, 3.63) is 58.4 Å². The molecule has 0 saturated heterocycles. The second-order valence-electron chi connectivity index (χ2n) is 4.32. The van der Waals surface area contributed by atoms with Crippen molar-refractivity contribution in [3.8, 4) is 5.75 Å². The lowest BCUT2D eigenvalue weighted by Crippen LogP contribution is -2.01. The van der Waals surface area contributed by atoms with Gasteiger partial charge in [-0.1, -0.05) is 0 Å². The molecule has 0 aliphatic rings. The van der Waals surface area contributed by atoms with E-state index in [0.717, 1.165) is 12.8 Å². The van der Waals surface area contributed by atoms with Gasteiger partial charge in [0.05, 0.1) is 17.6 Å². The molecule has 1 aromatic heterocycles. The summed E-state index contributed by atoms with van der Waals surface area (Å²) in [5, 5.41) is 10.7. The molecule has 0 bridgehead atoms. The van der Waals surface area contributed by atoms with E-state index in [1.165, 1.54) is 17.7 Å². The van der Waals surface area contributed by atoms with E-state index in [1.54, 1.807) is 18.5 Å². The number of ether oxygens (including phenoxy) is 1. The number of hydrogen-bond acceptors (Lipinski definition) is 5. The topological polar surface area (TPSA) is 91.3 Å². The van der Waals surface area contributed by atoms with Gasteiger partial charge in [0.1, 0.15) is 5.75 Å². The average Bonchev–Trinajstić information content (AvgIpc) is 2.44. The molecule has 2 N–H and O–H groups in total. The predicted molar refractivity (Wildman–Crippen MR) is 75.6 cm³/mol. The lowest BCUT2D eigenvalue weighted by molar-refractivity contribution is -0.384. The molecule has 2 aromatic rings. The van der Waals surface area contributed by atoms with Crippen LogP contribution in [0.1, 0.15) is 12.0 Å². The summed E-state index contributed by atoms with van der Waals surface area (Å²) < 4.78 is 5.50. The maximum atomic E-state index is 10.7. The first-order valence-corrected chi connectivity index (χ1v) is 6.22. The molecule has 2 rings (SSSR count). The van der Waals surface area contributed by atoms with Crippen molar-refractivity contribution in [2.45, 2.75) is 12.8 Å². The Bertz CT molecular complexity index is 587. The Balaban J connectivity index is 1.86. The van der Waals surface area contributed by atoms with E-state index < -0.39 is 4.92 Å². The van der Waals surface area contributed by atoms with Crippen LogP contribution in [0.15, 0.2) is 42.7 Å². The normalized spacial score (nSPS) is 10.2. The first-order valence-electron chi connectivity index (χ1n) is 6.22. The fraction of sp³-hybridized carbons (Fsp3) is 0.214. The van der Waals surface area contributed by atoms with Gasteiger partial charge in [-0.25, -0.2) is 0 Å². The van der Waals surface area contributed by atoms with Crippen LogP contribution in [-0.2, 0) is 6.42 Å². The van der Waals surface area contributed by atoms with E-state index in [4.69, 9.17) is 10.5 Å². The molecule has 0 aliphatic carbocycles. The van der Waals surface area contributed by atoms with E-state index in [2.05, 4.69) is 4.98 Å². The highest BCUT2D eigenvalue weighted by Crippen LogP contribution is 2.24. The summed E-state index contributed by atoms with van der Waals surface area (Å²) in [5.41, 5.74) is 7.05. The van der Waals surface area contributed by atoms with Crippen LogP contribution in [-0.4, -0.2) is 16.5 Å². The summed E-state index contributed by atoms with van der Waals surface area (Å²) in [6.45, 7) is 0.475. The van der Waals surface area contributed by atoms with Crippen molar-refractivity contribution in [2.75, 3.05) is 12.3 Å². The Morgan fingerprint density at radius 2 is 2.00 bits per heavy atom. The lowest BCUT2D eigenvalue weighted by Gasteiger charge is -2.07. The monoisotopic (exact) mass is 273 g/mol. The minimum absolute atomic E-state index is 0.0610. The molecule has 0 radical (unpaired) electrons. The van der Waals surface area contributed by atoms with Gasteiger partial charge in [-0.2, -0.15) is 0 Å². The van der Waals surface area contributed by atoms with Crippen LogP contribution in [0.2, 0.25) is 0 Å². The molecule has 20 heavy (non-hydrogen) atoms. The van der Waals surface area contributed by atoms with Crippen molar-refractivity contribution in [1.29, 1.82) is 0 Å². The summed E-state index contributed by atoms with van der Waals surface area (Å²) >= 11 is 0. The van der Waals surface area contributed by atoms with Crippen LogP contribution in [0, 0.1) is 10.1 Å². The van der Waals surface area contributed by atoms with Gasteiger partial charge in [0.25, 0.3) is 5.69 Å². The molecule has 0 spiro atoms. The quantitative estimate of drug-likeness (QED) is 0.378. The standard InChI is InChI=1S/C14H15N3O3/c15-12-8-13(17(18)19)10-14(9-12)20-7-1-2-11-3-5-16-6-4-11/h3-6,8-10H,1-2,7,15H2. The number of hydrogen-bond donors (Lipinski definition) is 1. The molecule has 6 nitrogen and oxygen atoms in total. The van der Waals surface area contributed by atoms with Crippen LogP contribution in [0.25, 0.3) is 0 Å².